The highest BCUT2D eigenvalue weighted by molar-refractivity contribution is 5.84. The number of likely N-dealkylation sites (N-methyl/N-ethyl adjacent to an activating group) is 1. The molecule has 1 atom stereocenters. The summed E-state index contributed by atoms with van der Waals surface area (Å²) in [6.45, 7) is 11.6. The van der Waals surface area contributed by atoms with Gasteiger partial charge in [0.25, 0.3) is 0 Å². The maximum atomic E-state index is 15.1. The molecule has 0 aliphatic carbocycles. The number of halogens is 1. The molecule has 2 aromatic carbocycles. The van der Waals surface area contributed by atoms with Crippen molar-refractivity contribution in [3.05, 3.63) is 59.4 Å². The van der Waals surface area contributed by atoms with E-state index in [-0.39, 0.29) is 35.6 Å². The van der Waals surface area contributed by atoms with Crippen molar-refractivity contribution in [2.24, 2.45) is 5.92 Å². The fraction of sp³-hybridized carbons (Fsp3) is 0.517. The number of anilines is 1. The monoisotopic (exact) mass is 497 g/mol. The van der Waals surface area contributed by atoms with Gasteiger partial charge in [-0.05, 0) is 62.1 Å². The molecule has 1 aliphatic heterocycles. The van der Waals surface area contributed by atoms with Gasteiger partial charge in [0.2, 0.25) is 5.91 Å². The maximum Gasteiger partial charge on any atom is 0.244 e. The fourth-order valence-corrected chi connectivity index (χ4v) is 5.10. The lowest BCUT2D eigenvalue weighted by Crippen LogP contribution is -2.52. The maximum absolute atomic E-state index is 15.1. The van der Waals surface area contributed by atoms with Gasteiger partial charge in [0.15, 0.2) is 0 Å². The lowest BCUT2D eigenvalue weighted by molar-refractivity contribution is -0.137. The summed E-state index contributed by atoms with van der Waals surface area (Å²) in [6, 6.07) is 11.5. The van der Waals surface area contributed by atoms with Crippen LogP contribution in [0.5, 0.6) is 5.75 Å². The lowest BCUT2D eigenvalue weighted by Gasteiger charge is -2.41. The van der Waals surface area contributed by atoms with Gasteiger partial charge in [-0.3, -0.25) is 14.5 Å². The summed E-state index contributed by atoms with van der Waals surface area (Å²) in [7, 11) is 0. The number of carbonyl (C=O) groups excluding carboxylic acids is 2. The van der Waals surface area contributed by atoms with Gasteiger partial charge in [-0.2, -0.15) is 0 Å². The largest absolute Gasteiger partial charge is 0.508 e. The summed E-state index contributed by atoms with van der Waals surface area (Å²) >= 11 is 0. The third kappa shape index (κ3) is 6.44. The highest BCUT2D eigenvalue weighted by Gasteiger charge is 2.33. The number of aromatic hydroxyl groups is 1. The Hall–Kier alpha value is -2.93. The second-order valence-electron chi connectivity index (χ2n) is 9.47. The number of piperazine rings is 1. The van der Waals surface area contributed by atoms with E-state index in [1.807, 2.05) is 43.6 Å². The van der Waals surface area contributed by atoms with Crippen molar-refractivity contribution in [1.29, 1.82) is 0 Å². The molecule has 7 heteroatoms. The molecule has 196 valence electrons. The van der Waals surface area contributed by atoms with Crippen molar-refractivity contribution >= 4 is 17.4 Å². The molecule has 36 heavy (non-hydrogen) atoms. The molecule has 1 fully saturated rings. The molecule has 3 rings (SSSR count). The summed E-state index contributed by atoms with van der Waals surface area (Å²) in [4.78, 5) is 31.9. The van der Waals surface area contributed by atoms with Crippen LogP contribution in [0, 0.1) is 11.7 Å². The van der Waals surface area contributed by atoms with Crippen molar-refractivity contribution in [2.45, 2.75) is 53.0 Å². The predicted molar refractivity (Wildman–Crippen MR) is 142 cm³/mol. The van der Waals surface area contributed by atoms with E-state index in [0.29, 0.717) is 50.5 Å². The molecule has 0 saturated carbocycles. The van der Waals surface area contributed by atoms with Crippen molar-refractivity contribution < 1.29 is 19.1 Å². The van der Waals surface area contributed by atoms with Crippen LogP contribution in [0.4, 0.5) is 10.1 Å². The topological polar surface area (TPSA) is 64.1 Å². The Morgan fingerprint density at radius 1 is 0.944 bits per heavy atom. The predicted octanol–water partition coefficient (Wildman–Crippen LogP) is 4.81. The number of ketones is 1. The first kappa shape index (κ1) is 27.7. The number of hydrogen-bond acceptors (Lipinski definition) is 5. The Morgan fingerprint density at radius 2 is 1.56 bits per heavy atom. The van der Waals surface area contributed by atoms with E-state index in [4.69, 9.17) is 0 Å². The molecule has 0 aromatic heterocycles. The van der Waals surface area contributed by atoms with E-state index in [9.17, 15) is 14.7 Å². The van der Waals surface area contributed by atoms with E-state index < -0.39 is 6.04 Å². The SMILES string of the molecule is CCC(CC)C(=O)Cc1ccc(N2CCN(C(C(=O)N(CC)CC)c3ccc(O)cc3)CC2)c(F)c1. The van der Waals surface area contributed by atoms with Gasteiger partial charge in [0, 0.05) is 51.6 Å². The first-order valence-corrected chi connectivity index (χ1v) is 13.2. The minimum Gasteiger partial charge on any atom is -0.508 e. The smallest absolute Gasteiger partial charge is 0.244 e. The van der Waals surface area contributed by atoms with Gasteiger partial charge < -0.3 is 14.9 Å². The molecule has 0 radical (unpaired) electrons. The normalized spacial score (nSPS) is 15.2. The molecular formula is C29H40FN3O3. The minimum atomic E-state index is -0.448. The Labute approximate surface area is 214 Å². The number of phenols is 1. The van der Waals surface area contributed by atoms with Crippen LogP contribution in [0.2, 0.25) is 0 Å². The highest BCUT2D eigenvalue weighted by atomic mass is 19.1. The Bertz CT molecular complexity index is 1010. The third-order valence-corrected chi connectivity index (χ3v) is 7.37. The minimum absolute atomic E-state index is 0.0291. The van der Waals surface area contributed by atoms with Crippen LogP contribution in [0.1, 0.15) is 57.7 Å². The van der Waals surface area contributed by atoms with E-state index in [1.54, 1.807) is 30.3 Å². The van der Waals surface area contributed by atoms with E-state index >= 15 is 4.39 Å². The van der Waals surface area contributed by atoms with Crippen LogP contribution in [0.15, 0.2) is 42.5 Å². The zero-order valence-corrected chi connectivity index (χ0v) is 22.0. The molecule has 0 spiro atoms. The first-order valence-electron chi connectivity index (χ1n) is 13.2. The molecule has 1 amide bonds. The summed E-state index contributed by atoms with van der Waals surface area (Å²) in [5.74, 6) is 0.0860. The molecule has 2 aromatic rings. The average molecular weight is 498 g/mol. The summed E-state index contributed by atoms with van der Waals surface area (Å²) in [6.07, 6.45) is 1.88. The van der Waals surface area contributed by atoms with E-state index in [0.717, 1.165) is 18.4 Å². The lowest BCUT2D eigenvalue weighted by atomic mass is 9.93. The van der Waals surface area contributed by atoms with Gasteiger partial charge in [-0.15, -0.1) is 0 Å². The van der Waals surface area contributed by atoms with Crippen LogP contribution >= 0.6 is 0 Å². The quantitative estimate of drug-likeness (QED) is 0.483. The van der Waals surface area contributed by atoms with Crippen LogP contribution < -0.4 is 4.90 Å². The molecule has 6 nitrogen and oxygen atoms in total. The zero-order chi connectivity index (χ0) is 26.2. The molecule has 0 bridgehead atoms. The molecule has 1 N–H and O–H groups in total. The Kier molecular flexibility index (Phi) is 9.88. The van der Waals surface area contributed by atoms with E-state index in [1.165, 1.54) is 6.07 Å². The number of hydrogen-bond donors (Lipinski definition) is 1. The number of nitrogens with zero attached hydrogens (tertiary/aromatic N) is 3. The number of rotatable bonds is 11. The highest BCUT2D eigenvalue weighted by Crippen LogP contribution is 2.29. The summed E-state index contributed by atoms with van der Waals surface area (Å²) in [5, 5.41) is 9.73. The number of carbonyl (C=O) groups is 2. The van der Waals surface area contributed by atoms with Gasteiger partial charge in [-0.1, -0.05) is 32.0 Å². The summed E-state index contributed by atoms with van der Waals surface area (Å²) in [5.41, 5.74) is 2.09. The number of amides is 1. The fourth-order valence-electron chi connectivity index (χ4n) is 5.10. The van der Waals surface area contributed by atoms with Gasteiger partial charge in [0.05, 0.1) is 5.69 Å². The van der Waals surface area contributed by atoms with Crippen LogP contribution in [0.3, 0.4) is 0 Å². The molecule has 1 unspecified atom stereocenters. The number of Topliss-reactive ketones (excluding diaryl/α,β-unsaturated/α-hetero) is 1. The van der Waals surface area contributed by atoms with Crippen LogP contribution in [-0.2, 0) is 16.0 Å². The molecule has 1 aliphatic rings. The number of benzene rings is 2. The van der Waals surface area contributed by atoms with Crippen molar-refractivity contribution in [2.75, 3.05) is 44.2 Å². The van der Waals surface area contributed by atoms with Crippen LogP contribution in [0.25, 0.3) is 0 Å². The summed E-state index contributed by atoms with van der Waals surface area (Å²) < 4.78 is 15.1. The van der Waals surface area contributed by atoms with Gasteiger partial charge in [0.1, 0.15) is 23.4 Å². The van der Waals surface area contributed by atoms with Gasteiger partial charge in [-0.25, -0.2) is 4.39 Å². The first-order chi connectivity index (χ1) is 17.3. The Morgan fingerprint density at radius 3 is 2.08 bits per heavy atom. The zero-order valence-electron chi connectivity index (χ0n) is 22.0. The van der Waals surface area contributed by atoms with Crippen molar-refractivity contribution in [1.82, 2.24) is 9.80 Å². The second kappa shape index (κ2) is 12.9. The molecule has 1 heterocycles. The Balaban J connectivity index is 1.72. The molecule has 1 saturated heterocycles. The standard InChI is InChI=1S/C29H40FN3O3/c1-5-22(6-2)27(35)20-21-9-14-26(25(30)19-21)32-15-17-33(18-16-32)28(29(36)31(7-3)8-4)23-10-12-24(34)13-11-23/h9-14,19,22,28,34H,5-8,15-18,20H2,1-4H3. The van der Waals surface area contributed by atoms with Crippen LogP contribution in [-0.4, -0.2) is 65.9 Å². The molecular weight excluding hydrogens is 457 g/mol. The van der Waals surface area contributed by atoms with Crippen molar-refractivity contribution in [3.63, 3.8) is 0 Å². The van der Waals surface area contributed by atoms with Crippen molar-refractivity contribution in [3.8, 4) is 5.75 Å². The van der Waals surface area contributed by atoms with Gasteiger partial charge >= 0.3 is 0 Å². The second-order valence-corrected chi connectivity index (χ2v) is 9.47. The average Bonchev–Trinajstić information content (AvgIpc) is 2.87. The van der Waals surface area contributed by atoms with E-state index in [2.05, 4.69) is 4.90 Å². The number of phenolic OH excluding ortho intramolecular Hbond substituents is 1. The third-order valence-electron chi connectivity index (χ3n) is 7.37.